The summed E-state index contributed by atoms with van der Waals surface area (Å²) in [6.45, 7) is 14.7. The Morgan fingerprint density at radius 3 is 2.44 bits per heavy atom. The molecule has 5 heterocycles. The smallest absolute Gasteiger partial charge is 0.152 e. The first-order valence-electron chi connectivity index (χ1n) is 13.9. The summed E-state index contributed by atoms with van der Waals surface area (Å²) in [6, 6.07) is 0. The van der Waals surface area contributed by atoms with E-state index in [-0.39, 0.29) is 5.41 Å². The Balaban J connectivity index is 1.73. The number of unbranched alkanes of at least 4 members (excludes halogenated alkanes) is 1. The Hall–Kier alpha value is -1.96. The largest absolute Gasteiger partial charge is 0.382 e. The van der Waals surface area contributed by atoms with Crippen LogP contribution in [-0.4, -0.2) is 64.6 Å². The highest BCUT2D eigenvalue weighted by molar-refractivity contribution is 7.21. The van der Waals surface area contributed by atoms with Crippen molar-refractivity contribution in [1.29, 1.82) is 0 Å². The van der Waals surface area contributed by atoms with Crippen LogP contribution in [0.5, 0.6) is 0 Å². The molecule has 0 spiro atoms. The number of pyridine rings is 1. The fourth-order valence-corrected chi connectivity index (χ4v) is 7.47. The lowest BCUT2D eigenvalue weighted by atomic mass is 9.84. The van der Waals surface area contributed by atoms with Crippen molar-refractivity contribution in [2.45, 2.75) is 78.2 Å². The van der Waals surface area contributed by atoms with Crippen molar-refractivity contribution in [2.24, 2.45) is 5.92 Å². The number of fused-ring (bicyclic) bond motifs is 3. The molecule has 2 aliphatic rings. The second-order valence-electron chi connectivity index (χ2n) is 12.2. The van der Waals surface area contributed by atoms with Gasteiger partial charge in [-0.2, -0.15) is 0 Å². The predicted octanol–water partition coefficient (Wildman–Crippen LogP) is 5.93. The van der Waals surface area contributed by atoms with Crippen molar-refractivity contribution in [3.63, 3.8) is 0 Å². The molecule has 2 N–H and O–H groups in total. The van der Waals surface area contributed by atoms with Gasteiger partial charge in [-0.1, -0.05) is 40.2 Å². The maximum Gasteiger partial charge on any atom is 0.152 e. The van der Waals surface area contributed by atoms with E-state index in [0.717, 1.165) is 49.9 Å². The van der Waals surface area contributed by atoms with Gasteiger partial charge in [0, 0.05) is 36.5 Å². The van der Waals surface area contributed by atoms with Crippen molar-refractivity contribution in [1.82, 2.24) is 24.3 Å². The first kappa shape index (κ1) is 25.7. The second kappa shape index (κ2) is 10.1. The Labute approximate surface area is 220 Å². The van der Waals surface area contributed by atoms with E-state index in [1.165, 1.54) is 64.4 Å². The van der Waals surface area contributed by atoms with E-state index in [2.05, 4.69) is 62.2 Å². The first-order valence-corrected chi connectivity index (χ1v) is 14.7. The zero-order valence-electron chi connectivity index (χ0n) is 23.2. The van der Waals surface area contributed by atoms with Gasteiger partial charge >= 0.3 is 0 Å². The fourth-order valence-electron chi connectivity index (χ4n) is 5.90. The first-order chi connectivity index (χ1) is 17.2. The van der Waals surface area contributed by atoms with E-state index in [1.54, 1.807) is 0 Å². The van der Waals surface area contributed by atoms with Crippen LogP contribution in [0.15, 0.2) is 6.08 Å². The third-order valence-corrected chi connectivity index (χ3v) is 9.37. The SMILES string of the molecule is CCCCc1nc2c(N)nc3c(C(C)(C)C)c(C4=CCN(C)CC4)sc3c2n1CC1CCN(C)CC1. The minimum atomic E-state index is -0.0191. The number of aromatic nitrogens is 3. The summed E-state index contributed by atoms with van der Waals surface area (Å²) >= 11 is 1.94. The Morgan fingerprint density at radius 1 is 1.06 bits per heavy atom. The molecule has 0 saturated carbocycles. The molecular weight excluding hydrogens is 464 g/mol. The molecule has 1 fully saturated rings. The van der Waals surface area contributed by atoms with E-state index < -0.39 is 0 Å². The number of rotatable bonds is 6. The molecule has 0 unspecified atom stereocenters. The number of likely N-dealkylation sites (N-methyl/N-ethyl adjacent to an activating group) is 1. The standard InChI is InChI=1S/C29H44N6S/c1-7-8-9-21-31-24-25(35(21)18-19-10-14-33(5)15-11-19)27-23(32-28(24)30)22(29(2,3)4)26(36-27)20-12-16-34(6)17-13-20/h12,19H,7-11,13-18H2,1-6H3,(H2,30,32). The number of piperidine rings is 1. The van der Waals surface area contributed by atoms with Gasteiger partial charge in [-0.05, 0) is 69.8 Å². The van der Waals surface area contributed by atoms with Gasteiger partial charge in [-0.15, -0.1) is 11.3 Å². The number of nitrogen functional groups attached to an aromatic ring is 1. The summed E-state index contributed by atoms with van der Waals surface area (Å²) in [5, 5.41) is 0. The lowest BCUT2D eigenvalue weighted by Gasteiger charge is -2.29. The monoisotopic (exact) mass is 508 g/mol. The number of likely N-dealkylation sites (tertiary alicyclic amines) is 1. The average molecular weight is 509 g/mol. The normalized spacial score (nSPS) is 19.0. The number of anilines is 1. The van der Waals surface area contributed by atoms with Crippen LogP contribution in [0.25, 0.3) is 26.8 Å². The van der Waals surface area contributed by atoms with E-state index in [0.29, 0.717) is 11.7 Å². The zero-order valence-corrected chi connectivity index (χ0v) is 24.0. The van der Waals surface area contributed by atoms with Crippen LogP contribution in [0.3, 0.4) is 0 Å². The summed E-state index contributed by atoms with van der Waals surface area (Å²) in [4.78, 5) is 16.5. The molecule has 36 heavy (non-hydrogen) atoms. The summed E-state index contributed by atoms with van der Waals surface area (Å²) in [5.74, 6) is 2.46. The number of nitrogens with zero attached hydrogens (tertiary/aromatic N) is 5. The van der Waals surface area contributed by atoms with Crippen LogP contribution in [-0.2, 0) is 18.4 Å². The molecule has 5 rings (SSSR count). The minimum Gasteiger partial charge on any atom is -0.382 e. The van der Waals surface area contributed by atoms with Gasteiger partial charge in [-0.25, -0.2) is 9.97 Å². The molecule has 7 heteroatoms. The van der Waals surface area contributed by atoms with Crippen LogP contribution in [0.2, 0.25) is 0 Å². The summed E-state index contributed by atoms with van der Waals surface area (Å²) < 4.78 is 3.83. The van der Waals surface area contributed by atoms with Crippen LogP contribution < -0.4 is 5.73 Å². The highest BCUT2D eigenvalue weighted by Gasteiger charge is 2.31. The second-order valence-corrected chi connectivity index (χ2v) is 13.2. The zero-order chi connectivity index (χ0) is 25.6. The molecule has 6 nitrogen and oxygen atoms in total. The van der Waals surface area contributed by atoms with Crippen molar-refractivity contribution >= 4 is 44.0 Å². The maximum atomic E-state index is 6.69. The van der Waals surface area contributed by atoms with Crippen molar-refractivity contribution in [3.8, 4) is 0 Å². The Bertz CT molecular complexity index is 1270. The van der Waals surface area contributed by atoms with Crippen LogP contribution in [0.4, 0.5) is 5.82 Å². The lowest BCUT2D eigenvalue weighted by Crippen LogP contribution is -2.32. The summed E-state index contributed by atoms with van der Waals surface area (Å²) in [6.07, 6.45) is 9.32. The Kier molecular flexibility index (Phi) is 7.18. The molecule has 1 saturated heterocycles. The summed E-state index contributed by atoms with van der Waals surface area (Å²) in [5.41, 5.74) is 12.7. The third kappa shape index (κ3) is 4.82. The molecule has 0 atom stereocenters. The number of hydrogen-bond donors (Lipinski definition) is 1. The lowest BCUT2D eigenvalue weighted by molar-refractivity contribution is 0.205. The fraction of sp³-hybridized carbons (Fsp3) is 0.655. The van der Waals surface area contributed by atoms with E-state index >= 15 is 0 Å². The molecular formula is C29H44N6S. The molecule has 0 aliphatic carbocycles. The number of imidazole rings is 1. The number of aryl methyl sites for hydroxylation is 1. The van der Waals surface area contributed by atoms with E-state index in [1.807, 2.05) is 11.3 Å². The summed E-state index contributed by atoms with van der Waals surface area (Å²) in [7, 11) is 4.44. The minimum absolute atomic E-state index is 0.0191. The van der Waals surface area contributed by atoms with Crippen LogP contribution in [0.1, 0.15) is 76.1 Å². The molecule has 0 bridgehead atoms. The predicted molar refractivity (Wildman–Crippen MR) is 155 cm³/mol. The number of hydrogen-bond acceptors (Lipinski definition) is 6. The van der Waals surface area contributed by atoms with E-state index in [4.69, 9.17) is 15.7 Å². The van der Waals surface area contributed by atoms with Crippen LogP contribution in [0, 0.1) is 5.92 Å². The van der Waals surface area contributed by atoms with Gasteiger partial charge in [0.15, 0.2) is 5.82 Å². The van der Waals surface area contributed by atoms with Gasteiger partial charge in [-0.3, -0.25) is 0 Å². The third-order valence-electron chi connectivity index (χ3n) is 8.11. The molecule has 0 amide bonds. The van der Waals surface area contributed by atoms with Gasteiger partial charge in [0.2, 0.25) is 0 Å². The topological polar surface area (TPSA) is 63.2 Å². The molecule has 0 aromatic carbocycles. The quantitative estimate of drug-likeness (QED) is 0.447. The Morgan fingerprint density at radius 2 is 1.81 bits per heavy atom. The highest BCUT2D eigenvalue weighted by Crippen LogP contribution is 2.46. The van der Waals surface area contributed by atoms with Crippen molar-refractivity contribution in [2.75, 3.05) is 46.0 Å². The van der Waals surface area contributed by atoms with Gasteiger partial charge in [0.25, 0.3) is 0 Å². The van der Waals surface area contributed by atoms with Crippen molar-refractivity contribution < 1.29 is 0 Å². The van der Waals surface area contributed by atoms with Gasteiger partial charge in [0.1, 0.15) is 11.3 Å². The van der Waals surface area contributed by atoms with Gasteiger partial charge in [0.05, 0.1) is 15.7 Å². The molecule has 2 aliphatic heterocycles. The van der Waals surface area contributed by atoms with E-state index in [9.17, 15) is 0 Å². The average Bonchev–Trinajstić information content (AvgIpc) is 3.38. The van der Waals surface area contributed by atoms with Crippen LogP contribution >= 0.6 is 11.3 Å². The molecule has 196 valence electrons. The molecule has 0 radical (unpaired) electrons. The maximum absolute atomic E-state index is 6.69. The highest BCUT2D eigenvalue weighted by atomic mass is 32.1. The van der Waals surface area contributed by atoms with Gasteiger partial charge < -0.3 is 20.1 Å². The number of thiophene rings is 1. The number of nitrogens with two attached hydrogens (primary N) is 1. The molecule has 3 aromatic rings. The van der Waals surface area contributed by atoms with Crippen molar-refractivity contribution in [3.05, 3.63) is 22.3 Å². The molecule has 3 aromatic heterocycles.